The third kappa shape index (κ3) is 2.72. The van der Waals surface area contributed by atoms with Gasteiger partial charge in [-0.3, -0.25) is 9.69 Å². The number of hydrogen-bond acceptors (Lipinski definition) is 7. The number of carbonyl (C=O) groups is 3. The van der Waals surface area contributed by atoms with Gasteiger partial charge < -0.3 is 20.8 Å². The molecule has 10 heteroatoms. The number of carboxylic acid groups (broad SMARTS) is 2. The lowest BCUT2D eigenvalue weighted by atomic mass is 10.0. The van der Waals surface area contributed by atoms with Crippen LogP contribution in [0.25, 0.3) is 0 Å². The van der Waals surface area contributed by atoms with E-state index in [1.165, 1.54) is 18.7 Å². The molecule has 2 aliphatic heterocycles. The summed E-state index contributed by atoms with van der Waals surface area (Å²) in [5.41, 5.74) is 5.98. The number of hydrogen-bond donors (Lipinski definition) is 3. The van der Waals surface area contributed by atoms with E-state index in [2.05, 4.69) is 9.99 Å². The second-order valence-corrected chi connectivity index (χ2v) is 5.52. The normalized spacial score (nSPS) is 25.3. The summed E-state index contributed by atoms with van der Waals surface area (Å²) >= 11 is 1.33. The number of rotatable bonds is 5. The van der Waals surface area contributed by atoms with Gasteiger partial charge in [-0.05, 0) is 6.92 Å². The fourth-order valence-electron chi connectivity index (χ4n) is 2.03. The zero-order valence-corrected chi connectivity index (χ0v) is 11.8. The zero-order chi connectivity index (χ0) is 15.7. The average molecular weight is 315 g/mol. The van der Waals surface area contributed by atoms with E-state index in [-0.39, 0.29) is 16.8 Å². The molecule has 0 aliphatic carbocycles. The first-order valence-electron chi connectivity index (χ1n) is 5.90. The fourth-order valence-corrected chi connectivity index (χ4v) is 3.40. The minimum atomic E-state index is -1.26. The third-order valence-electron chi connectivity index (χ3n) is 3.04. The summed E-state index contributed by atoms with van der Waals surface area (Å²) in [6, 6.07) is -0.702. The molecule has 2 rings (SSSR count). The lowest BCUT2D eigenvalue weighted by Crippen LogP contribution is -2.68. The van der Waals surface area contributed by atoms with Crippen LogP contribution >= 0.6 is 11.8 Å². The number of carboxylic acids is 2. The number of aliphatic carboxylic acids is 2. The molecule has 0 radical (unpaired) electrons. The van der Waals surface area contributed by atoms with Crippen LogP contribution in [-0.2, 0) is 19.2 Å². The van der Waals surface area contributed by atoms with Crippen LogP contribution in [0.4, 0.5) is 0 Å². The second-order valence-electron chi connectivity index (χ2n) is 4.41. The number of nitrogens with two attached hydrogens (primary N) is 1. The van der Waals surface area contributed by atoms with Crippen molar-refractivity contribution in [2.24, 2.45) is 10.9 Å². The van der Waals surface area contributed by atoms with Crippen molar-refractivity contribution >= 4 is 35.3 Å². The Hall–Kier alpha value is -2.07. The van der Waals surface area contributed by atoms with Gasteiger partial charge in [0.25, 0.3) is 0 Å². The lowest BCUT2D eigenvalue weighted by molar-refractivity contribution is -0.147. The van der Waals surface area contributed by atoms with Crippen LogP contribution in [-0.4, -0.2) is 62.4 Å². The molecule has 1 fully saturated rings. The van der Waals surface area contributed by atoms with Gasteiger partial charge in [-0.1, -0.05) is 5.16 Å². The number of fused-ring (bicyclic) bond motifs is 1. The highest BCUT2D eigenvalue weighted by Crippen LogP contribution is 2.39. The molecule has 1 amide bonds. The van der Waals surface area contributed by atoms with E-state index in [9.17, 15) is 19.5 Å². The third-order valence-corrected chi connectivity index (χ3v) is 4.34. The van der Waals surface area contributed by atoms with Crippen LogP contribution < -0.4 is 5.73 Å². The molecule has 0 unspecified atom stereocenters. The summed E-state index contributed by atoms with van der Waals surface area (Å²) in [5, 5.41) is 21.0. The highest BCUT2D eigenvalue weighted by Gasteiger charge is 2.52. The highest BCUT2D eigenvalue weighted by molar-refractivity contribution is 8.00. The van der Waals surface area contributed by atoms with E-state index in [1.54, 1.807) is 0 Å². The van der Waals surface area contributed by atoms with Crippen LogP contribution in [0.2, 0.25) is 0 Å². The van der Waals surface area contributed by atoms with E-state index in [0.717, 1.165) is 4.90 Å². The molecular formula is C11H13N3O6S. The summed E-state index contributed by atoms with van der Waals surface area (Å²) in [6.45, 7) is 0.863. The Labute approximate surface area is 123 Å². The molecule has 0 saturated carbocycles. The Bertz CT molecular complexity index is 572. The molecule has 0 spiro atoms. The first kappa shape index (κ1) is 15.3. The van der Waals surface area contributed by atoms with E-state index in [0.29, 0.717) is 11.3 Å². The van der Waals surface area contributed by atoms with Crippen molar-refractivity contribution < 1.29 is 29.4 Å². The molecule has 0 aromatic carbocycles. The number of oxime groups is 1. The maximum atomic E-state index is 11.7. The second kappa shape index (κ2) is 5.74. The van der Waals surface area contributed by atoms with Crippen molar-refractivity contribution in [3.63, 3.8) is 0 Å². The molecule has 9 nitrogen and oxygen atoms in total. The van der Waals surface area contributed by atoms with Gasteiger partial charge >= 0.3 is 11.9 Å². The summed E-state index contributed by atoms with van der Waals surface area (Å²) in [5.74, 6) is -2.61. The Morgan fingerprint density at radius 2 is 2.19 bits per heavy atom. The van der Waals surface area contributed by atoms with Gasteiger partial charge in [-0.15, -0.1) is 11.8 Å². The van der Waals surface area contributed by atoms with Crippen molar-refractivity contribution in [2.75, 3.05) is 12.4 Å². The van der Waals surface area contributed by atoms with Crippen molar-refractivity contribution in [2.45, 2.75) is 18.3 Å². The molecule has 21 heavy (non-hydrogen) atoms. The quantitative estimate of drug-likeness (QED) is 0.334. The fraction of sp³-hybridized carbons (Fsp3) is 0.455. The van der Waals surface area contributed by atoms with Gasteiger partial charge in [0.05, 0.1) is 5.71 Å². The summed E-state index contributed by atoms with van der Waals surface area (Å²) in [4.78, 5) is 39.2. The lowest BCUT2D eigenvalue weighted by Gasteiger charge is -2.47. The minimum Gasteiger partial charge on any atom is -0.479 e. The van der Waals surface area contributed by atoms with Crippen molar-refractivity contribution in [3.8, 4) is 0 Å². The van der Waals surface area contributed by atoms with E-state index >= 15 is 0 Å². The summed E-state index contributed by atoms with van der Waals surface area (Å²) < 4.78 is 0. The Morgan fingerprint density at radius 3 is 2.76 bits per heavy atom. The maximum absolute atomic E-state index is 11.7. The van der Waals surface area contributed by atoms with Gasteiger partial charge in [-0.2, -0.15) is 0 Å². The maximum Gasteiger partial charge on any atom is 0.353 e. The van der Waals surface area contributed by atoms with Crippen molar-refractivity contribution in [1.82, 2.24) is 4.90 Å². The van der Waals surface area contributed by atoms with E-state index in [1.807, 2.05) is 0 Å². The van der Waals surface area contributed by atoms with Crippen LogP contribution in [0.1, 0.15) is 6.92 Å². The monoisotopic (exact) mass is 315 g/mol. The first-order valence-corrected chi connectivity index (χ1v) is 6.95. The van der Waals surface area contributed by atoms with Gasteiger partial charge in [0, 0.05) is 11.3 Å². The molecule has 4 N–H and O–H groups in total. The zero-order valence-electron chi connectivity index (χ0n) is 11.0. The number of thioether (sulfide) groups is 1. The Morgan fingerprint density at radius 1 is 1.52 bits per heavy atom. The van der Waals surface area contributed by atoms with Crippen LogP contribution in [0.3, 0.4) is 0 Å². The SMILES string of the molecule is CC(=NOCC(=O)O)C1=C(C(=O)O)N2C(=O)[C@@H](N)[C@@H]2SC1. The van der Waals surface area contributed by atoms with Crippen molar-refractivity contribution in [3.05, 3.63) is 11.3 Å². The molecule has 2 aliphatic rings. The van der Waals surface area contributed by atoms with Crippen LogP contribution in [0, 0.1) is 0 Å². The number of carbonyl (C=O) groups excluding carboxylic acids is 1. The molecule has 0 bridgehead atoms. The first-order chi connectivity index (χ1) is 9.84. The van der Waals surface area contributed by atoms with Gasteiger partial charge in [0.15, 0.2) is 0 Å². The van der Waals surface area contributed by atoms with Gasteiger partial charge in [0.1, 0.15) is 17.1 Å². The Balaban J connectivity index is 2.28. The molecular weight excluding hydrogens is 302 g/mol. The number of nitrogens with zero attached hydrogens (tertiary/aromatic N) is 2. The highest BCUT2D eigenvalue weighted by atomic mass is 32.2. The molecule has 2 heterocycles. The van der Waals surface area contributed by atoms with Crippen LogP contribution in [0.15, 0.2) is 16.4 Å². The summed E-state index contributed by atoms with van der Waals surface area (Å²) in [6.07, 6.45) is 0. The minimum absolute atomic E-state index is 0.175. The predicted octanol–water partition coefficient (Wildman–Crippen LogP) is -0.955. The molecule has 0 aromatic heterocycles. The van der Waals surface area contributed by atoms with Gasteiger partial charge in [-0.25, -0.2) is 9.59 Å². The molecule has 2 atom stereocenters. The largest absolute Gasteiger partial charge is 0.479 e. The Kier molecular flexibility index (Phi) is 4.19. The standard InChI is InChI=1S/C11H13N3O6S/c1-4(13-20-2-6(15)16)5-3-21-10-7(12)9(17)14(10)8(5)11(18)19/h7,10H,2-3,12H2,1H3,(H,15,16)(H,18,19)/t7-,10+/m1/s1. The van der Waals surface area contributed by atoms with Crippen LogP contribution in [0.5, 0.6) is 0 Å². The van der Waals surface area contributed by atoms with Crippen molar-refractivity contribution in [1.29, 1.82) is 0 Å². The van der Waals surface area contributed by atoms with E-state index < -0.39 is 30.5 Å². The topological polar surface area (TPSA) is 143 Å². The van der Waals surface area contributed by atoms with Gasteiger partial charge in [0.2, 0.25) is 12.5 Å². The summed E-state index contributed by atoms with van der Waals surface area (Å²) in [7, 11) is 0. The average Bonchev–Trinajstić information content (AvgIpc) is 2.44. The predicted molar refractivity (Wildman–Crippen MR) is 72.4 cm³/mol. The molecule has 0 aromatic rings. The smallest absolute Gasteiger partial charge is 0.353 e. The molecule has 114 valence electrons. The van der Waals surface area contributed by atoms with E-state index in [4.69, 9.17) is 10.8 Å². The number of amides is 1. The molecule has 1 saturated heterocycles. The number of β-lactam (4-membered cyclic amide) rings is 1.